The molecule has 7 heterocycles. The fourth-order valence-corrected chi connectivity index (χ4v) is 16.3. The molecular weight excluding hydrogens is 1600 g/mol. The fourth-order valence-electron chi connectivity index (χ4n) is 12.5. The van der Waals surface area contributed by atoms with Crippen LogP contribution in [0.15, 0.2) is 107 Å². The molecule has 0 bridgehead atoms. The molecule has 5 atom stereocenters. The van der Waals surface area contributed by atoms with Crippen LogP contribution in [0.1, 0.15) is 105 Å². The standard InChI is InChI=1S/C29H30Cl2F3N5O6S.C20H13Cl3F3N3O4S.C10H20N2O2.C9H18N2O2.ClH/c1-27(2,42)16-36-24(40)22-5-4-10-37(22)46(43,44)23-15-35-26-38(20-12-18(30)11-19(31)13-20)25(41)28(3,39(23)26)14-17-6-8-21(9-7-17)45-29(32,33)34;1-19(9-11-2-4-15(5-3-11)33-20(24,25)26)17(30)28(14-7-12(21)6-13(22)8-14)18-27-10-16(29(18)19)34(23,31)32;1-10(2,14)7-11-9(13)8-5-4-6-12(8)3;1-9(2,13)6-11-8(12)7-4-3-5-10-7;/h6-9,11-13,15,22,42H,4-5,10,14,16H2,1-3H3,(H,36,40);2-8,10H,9H2,1H3;8,14H,4-7H2,1-3H3,(H,11,13);7,10,13H,3-6H2,1-2H3,(H,11,12);1H/t22-,28+;19-;8-;7-;/m0100./s1. The Morgan fingerprint density at radius 1 is 0.574 bits per heavy atom. The number of rotatable bonds is 20. The van der Waals surface area contributed by atoms with E-state index in [1.165, 1.54) is 102 Å². The minimum Gasteiger partial charge on any atom is -0.406 e. The van der Waals surface area contributed by atoms with E-state index in [1.807, 2.05) is 7.05 Å². The normalized spacial score (nSPS) is 20.5. The summed E-state index contributed by atoms with van der Waals surface area (Å²) in [6.07, 6.45) is -3.34. The number of carbonyl (C=O) groups is 5. The van der Waals surface area contributed by atoms with E-state index in [1.54, 1.807) is 27.7 Å². The summed E-state index contributed by atoms with van der Waals surface area (Å²) in [5.41, 5.74) is -4.85. The summed E-state index contributed by atoms with van der Waals surface area (Å²) in [5.74, 6) is -2.75. The molecule has 11 rings (SSSR count). The summed E-state index contributed by atoms with van der Waals surface area (Å²) >= 11 is 24.6. The smallest absolute Gasteiger partial charge is 0.406 e. The van der Waals surface area contributed by atoms with Gasteiger partial charge in [-0.15, -0.1) is 38.7 Å². The molecule has 0 radical (unpaired) electrons. The van der Waals surface area contributed by atoms with Crippen LogP contribution in [0.4, 0.5) is 49.6 Å². The van der Waals surface area contributed by atoms with Crippen molar-refractivity contribution in [2.45, 2.75) is 176 Å². The summed E-state index contributed by atoms with van der Waals surface area (Å²) in [4.78, 5) is 76.9. The zero-order valence-corrected chi connectivity index (χ0v) is 65.9. The molecule has 3 saturated heterocycles. The van der Waals surface area contributed by atoms with Crippen molar-refractivity contribution in [3.8, 4) is 11.5 Å². The zero-order chi connectivity index (χ0) is 79.5. The molecule has 594 valence electrons. The van der Waals surface area contributed by atoms with Gasteiger partial charge in [-0.3, -0.25) is 38.0 Å². The number of halogens is 12. The van der Waals surface area contributed by atoms with E-state index in [0.29, 0.717) is 30.6 Å². The van der Waals surface area contributed by atoms with E-state index in [2.05, 4.69) is 45.6 Å². The highest BCUT2D eigenvalue weighted by Crippen LogP contribution is 2.48. The first-order chi connectivity index (χ1) is 49.4. The van der Waals surface area contributed by atoms with Crippen LogP contribution >= 0.6 is 69.5 Å². The summed E-state index contributed by atoms with van der Waals surface area (Å²) in [6, 6.07) is 17.3. The maximum Gasteiger partial charge on any atom is 0.573 e. The molecule has 6 aromatic rings. The molecule has 4 aromatic carbocycles. The number of hydrogen-bond donors (Lipinski definition) is 7. The van der Waals surface area contributed by atoms with Gasteiger partial charge in [-0.25, -0.2) is 36.6 Å². The molecule has 5 amide bonds. The predicted molar refractivity (Wildman–Crippen MR) is 394 cm³/mol. The summed E-state index contributed by atoms with van der Waals surface area (Å²) in [6.45, 7) is 15.1. The van der Waals surface area contributed by atoms with Crippen LogP contribution in [-0.4, -0.2) is 184 Å². The number of sulfonamides is 1. The summed E-state index contributed by atoms with van der Waals surface area (Å²) < 4.78 is 140. The number of likely N-dealkylation sites (tertiary alicyclic amines) is 1. The van der Waals surface area contributed by atoms with E-state index in [9.17, 15) is 82.5 Å². The van der Waals surface area contributed by atoms with Crippen LogP contribution in [-0.2, 0) is 67.0 Å². The number of hydrogen-bond acceptors (Lipinski definition) is 18. The number of aliphatic hydroxyl groups is 3. The molecule has 108 heavy (non-hydrogen) atoms. The van der Waals surface area contributed by atoms with Crippen LogP contribution in [0, 0.1) is 0 Å². The maximum atomic E-state index is 14.3. The number of nitrogens with one attached hydrogen (secondary N) is 4. The third kappa shape index (κ3) is 22.5. The Hall–Kier alpha value is -6.77. The molecule has 40 heteroatoms. The molecule has 7 N–H and O–H groups in total. The predicted octanol–water partition coefficient (Wildman–Crippen LogP) is 10.4. The fraction of sp³-hybridized carbons (Fsp3) is 0.485. The quantitative estimate of drug-likeness (QED) is 0.0276. The topological polar surface area (TPSA) is 329 Å². The molecule has 5 aliphatic rings. The molecular formula is C68H82Cl6F6N12O14S2. The Labute approximate surface area is 650 Å². The van der Waals surface area contributed by atoms with Crippen LogP contribution in [0.2, 0.25) is 20.1 Å². The van der Waals surface area contributed by atoms with Crippen molar-refractivity contribution >= 4 is 141 Å². The van der Waals surface area contributed by atoms with Crippen molar-refractivity contribution in [2.75, 3.05) is 56.1 Å². The molecule has 5 aliphatic heterocycles. The first-order valence-electron chi connectivity index (χ1n) is 33.3. The van der Waals surface area contributed by atoms with Crippen molar-refractivity contribution in [1.82, 2.24) is 49.6 Å². The van der Waals surface area contributed by atoms with Crippen molar-refractivity contribution in [1.29, 1.82) is 0 Å². The van der Waals surface area contributed by atoms with Crippen LogP contribution < -0.4 is 40.5 Å². The Morgan fingerprint density at radius 3 is 1.31 bits per heavy atom. The van der Waals surface area contributed by atoms with E-state index < -0.39 is 100.0 Å². The van der Waals surface area contributed by atoms with Gasteiger partial charge in [0, 0.05) is 69.8 Å². The largest absolute Gasteiger partial charge is 0.573 e. The van der Waals surface area contributed by atoms with Gasteiger partial charge in [0.05, 0.1) is 52.7 Å². The average molecular weight is 1680 g/mol. The van der Waals surface area contributed by atoms with E-state index >= 15 is 0 Å². The highest BCUT2D eigenvalue weighted by atomic mass is 35.7. The van der Waals surface area contributed by atoms with Gasteiger partial charge in [0.25, 0.3) is 30.9 Å². The number of likely N-dealkylation sites (N-methyl/N-ethyl adjacent to an activating group) is 1. The van der Waals surface area contributed by atoms with Gasteiger partial charge in [-0.05, 0) is 186 Å². The first kappa shape index (κ1) is 88.4. The minimum absolute atomic E-state index is 0. The number of nitrogens with zero attached hydrogens (tertiary/aromatic N) is 8. The average Bonchev–Trinajstić information content (AvgIpc) is 1.56. The molecule has 26 nitrogen and oxygen atoms in total. The number of anilines is 4. The van der Waals surface area contributed by atoms with E-state index in [0.717, 1.165) is 84.6 Å². The van der Waals surface area contributed by atoms with Gasteiger partial charge in [-0.2, -0.15) is 4.31 Å². The minimum atomic E-state index is -4.90. The number of fused-ring (bicyclic) bond motifs is 2. The molecule has 0 aliphatic carbocycles. The van der Waals surface area contributed by atoms with Gasteiger partial charge in [0.15, 0.2) is 10.1 Å². The second-order valence-electron chi connectivity index (χ2n) is 28.4. The van der Waals surface area contributed by atoms with E-state index in [4.69, 9.17) is 57.1 Å². The lowest BCUT2D eigenvalue weighted by atomic mass is 9.92. The highest BCUT2D eigenvalue weighted by Gasteiger charge is 2.55. The Morgan fingerprint density at radius 2 is 0.944 bits per heavy atom. The second-order valence-corrected chi connectivity index (χ2v) is 34.5. The summed E-state index contributed by atoms with van der Waals surface area (Å²) in [7, 11) is -1.23. The monoisotopic (exact) mass is 1680 g/mol. The number of amides is 5. The van der Waals surface area contributed by atoms with Crippen molar-refractivity contribution in [2.24, 2.45) is 0 Å². The number of ether oxygens (including phenoxy) is 2. The number of benzene rings is 4. The molecule has 3 fully saturated rings. The molecule has 2 aromatic heterocycles. The second kappa shape index (κ2) is 34.5. The van der Waals surface area contributed by atoms with Gasteiger partial charge >= 0.3 is 12.7 Å². The highest BCUT2D eigenvalue weighted by molar-refractivity contribution is 8.13. The lowest BCUT2D eigenvalue weighted by molar-refractivity contribution is -0.275. The van der Waals surface area contributed by atoms with E-state index in [-0.39, 0.29) is 117 Å². The molecule has 0 spiro atoms. The number of aromatic nitrogens is 4. The SMILES string of the molecule is CC(C)(O)CNC(=O)[C@@H]1CCCN1.CC(C)(O)CNC(=O)[C@@H]1CCCN1S(=O)(=O)c1cnc2n1[C@](C)(Cc1ccc(OC(F)(F)F)cc1)C(=O)N2c1cc(Cl)cc(Cl)c1.CN1CCC[C@H]1C(=O)NCC(C)(C)O.C[C@@]1(Cc2ccc(OC(F)(F)F)cc2)C(=O)N(c2cc(Cl)cc(Cl)c2)c2ncc(S(=O)(=O)Cl)n21.Cl. The van der Waals surface area contributed by atoms with Gasteiger partial charge in [0.1, 0.15) is 28.6 Å². The number of alkyl halides is 6. The Balaban J connectivity index is 0.000000227. The first-order valence-corrected chi connectivity index (χ1v) is 38.5. The summed E-state index contributed by atoms with van der Waals surface area (Å²) in [5, 5.41) is 40.1. The number of imidazole rings is 2. The van der Waals surface area contributed by atoms with Gasteiger partial charge in [-0.1, -0.05) is 70.7 Å². The maximum absolute atomic E-state index is 14.3. The van der Waals surface area contributed by atoms with Crippen molar-refractivity contribution in [3.63, 3.8) is 0 Å². The third-order valence-electron chi connectivity index (χ3n) is 17.4. The van der Waals surface area contributed by atoms with Crippen LogP contribution in [0.5, 0.6) is 11.5 Å². The zero-order valence-electron chi connectivity index (χ0n) is 59.7. The van der Waals surface area contributed by atoms with Gasteiger partial charge in [0.2, 0.25) is 29.6 Å². The number of carbonyl (C=O) groups excluding carboxylic acids is 5. The lowest BCUT2D eigenvalue weighted by Gasteiger charge is -2.29. The van der Waals surface area contributed by atoms with Crippen LogP contribution in [0.25, 0.3) is 0 Å². The molecule has 0 saturated carbocycles. The Bertz CT molecular complexity index is 4440. The van der Waals surface area contributed by atoms with Crippen molar-refractivity contribution in [3.05, 3.63) is 129 Å². The lowest BCUT2D eigenvalue weighted by Crippen LogP contribution is -2.49. The van der Waals surface area contributed by atoms with Crippen LogP contribution in [0.3, 0.4) is 0 Å². The van der Waals surface area contributed by atoms with Gasteiger partial charge < -0.3 is 46.1 Å². The molecule has 0 unspecified atom stereocenters. The van der Waals surface area contributed by atoms with Crippen molar-refractivity contribution < 1.29 is 91.9 Å². The Kier molecular flexibility index (Phi) is 28.2. The third-order valence-corrected chi connectivity index (χ3v) is 21.4.